The molecule has 2 heterocycles. The summed E-state index contributed by atoms with van der Waals surface area (Å²) in [5, 5.41) is 14.7. The van der Waals surface area contributed by atoms with E-state index < -0.39 is 0 Å². The minimum absolute atomic E-state index is 0.454. The Bertz CT molecular complexity index is 514. The standard InChI is InChI=1S/C12H14N6/c13-3-1-4-15-11-6-12(18-9-17-11)16-8-10-2-5-14-7-10/h2,5-7,9,14H,1,4,8H2,(H2,15,16,17,18). The zero-order valence-electron chi connectivity index (χ0n) is 9.85. The van der Waals surface area contributed by atoms with Gasteiger partial charge in [-0.1, -0.05) is 0 Å². The Labute approximate surface area is 105 Å². The van der Waals surface area contributed by atoms with Gasteiger partial charge < -0.3 is 15.6 Å². The predicted molar refractivity (Wildman–Crippen MR) is 68.9 cm³/mol. The van der Waals surface area contributed by atoms with Gasteiger partial charge in [0.1, 0.15) is 18.0 Å². The van der Waals surface area contributed by atoms with E-state index in [2.05, 4.69) is 31.7 Å². The Morgan fingerprint density at radius 2 is 2.11 bits per heavy atom. The Morgan fingerprint density at radius 1 is 1.28 bits per heavy atom. The summed E-state index contributed by atoms with van der Waals surface area (Å²) in [4.78, 5) is 11.2. The van der Waals surface area contributed by atoms with Crippen LogP contribution in [-0.4, -0.2) is 21.5 Å². The summed E-state index contributed by atoms with van der Waals surface area (Å²) in [5.41, 5.74) is 1.16. The van der Waals surface area contributed by atoms with Crippen LogP contribution in [0.2, 0.25) is 0 Å². The van der Waals surface area contributed by atoms with E-state index in [9.17, 15) is 0 Å². The average molecular weight is 242 g/mol. The van der Waals surface area contributed by atoms with Gasteiger partial charge in [0.2, 0.25) is 0 Å². The lowest BCUT2D eigenvalue weighted by Gasteiger charge is -2.06. The number of hydrogen-bond acceptors (Lipinski definition) is 5. The normalized spacial score (nSPS) is 9.72. The zero-order valence-corrected chi connectivity index (χ0v) is 9.85. The fourth-order valence-electron chi connectivity index (χ4n) is 1.46. The Hall–Kier alpha value is -2.55. The van der Waals surface area contributed by atoms with Crippen molar-refractivity contribution in [1.82, 2.24) is 15.0 Å². The quantitative estimate of drug-likeness (QED) is 0.671. The van der Waals surface area contributed by atoms with Crippen LogP contribution in [0.25, 0.3) is 0 Å². The third-order valence-corrected chi connectivity index (χ3v) is 2.35. The fourth-order valence-corrected chi connectivity index (χ4v) is 1.46. The van der Waals surface area contributed by atoms with E-state index in [4.69, 9.17) is 5.26 Å². The molecule has 18 heavy (non-hydrogen) atoms. The summed E-state index contributed by atoms with van der Waals surface area (Å²) < 4.78 is 0. The van der Waals surface area contributed by atoms with Crippen LogP contribution in [0.1, 0.15) is 12.0 Å². The summed E-state index contributed by atoms with van der Waals surface area (Å²) in [7, 11) is 0. The second-order valence-electron chi connectivity index (χ2n) is 3.70. The van der Waals surface area contributed by atoms with Crippen LogP contribution < -0.4 is 10.6 Å². The highest BCUT2D eigenvalue weighted by Gasteiger charge is 1.98. The van der Waals surface area contributed by atoms with Crippen LogP contribution in [0.4, 0.5) is 11.6 Å². The highest BCUT2D eigenvalue weighted by Crippen LogP contribution is 2.10. The van der Waals surface area contributed by atoms with Gasteiger partial charge >= 0.3 is 0 Å². The number of nitrogens with one attached hydrogen (secondary N) is 3. The van der Waals surface area contributed by atoms with Crippen LogP contribution in [-0.2, 0) is 6.54 Å². The average Bonchev–Trinajstić information content (AvgIpc) is 2.90. The highest BCUT2D eigenvalue weighted by atomic mass is 15.1. The highest BCUT2D eigenvalue weighted by molar-refractivity contribution is 5.46. The SMILES string of the molecule is N#CCCNc1cc(NCc2cc[nH]c2)ncn1. The molecular formula is C12H14N6. The number of H-pyrrole nitrogens is 1. The molecule has 2 aromatic rings. The van der Waals surface area contributed by atoms with Gasteiger partial charge in [0.05, 0.1) is 12.5 Å². The zero-order chi connectivity index (χ0) is 12.6. The van der Waals surface area contributed by atoms with Crippen LogP contribution in [0, 0.1) is 11.3 Å². The van der Waals surface area contributed by atoms with E-state index in [1.807, 2.05) is 24.5 Å². The molecule has 2 rings (SSSR count). The van der Waals surface area contributed by atoms with Crippen molar-refractivity contribution in [2.24, 2.45) is 0 Å². The maximum Gasteiger partial charge on any atom is 0.131 e. The van der Waals surface area contributed by atoms with Crippen molar-refractivity contribution in [1.29, 1.82) is 5.26 Å². The van der Waals surface area contributed by atoms with E-state index >= 15 is 0 Å². The van der Waals surface area contributed by atoms with Crippen LogP contribution in [0.15, 0.2) is 30.9 Å². The van der Waals surface area contributed by atoms with Crippen molar-refractivity contribution in [2.75, 3.05) is 17.2 Å². The molecule has 0 aliphatic rings. The third-order valence-electron chi connectivity index (χ3n) is 2.35. The first-order chi connectivity index (χ1) is 8.88. The maximum atomic E-state index is 8.45. The molecule has 92 valence electrons. The maximum absolute atomic E-state index is 8.45. The van der Waals surface area contributed by atoms with Crippen LogP contribution in [0.3, 0.4) is 0 Å². The van der Waals surface area contributed by atoms with Gasteiger partial charge in [0.25, 0.3) is 0 Å². The molecule has 0 spiro atoms. The van der Waals surface area contributed by atoms with E-state index in [1.165, 1.54) is 6.33 Å². The number of rotatable bonds is 6. The first kappa shape index (κ1) is 11.9. The first-order valence-electron chi connectivity index (χ1n) is 5.67. The second-order valence-corrected chi connectivity index (χ2v) is 3.70. The topological polar surface area (TPSA) is 89.4 Å². The molecule has 0 saturated heterocycles. The van der Waals surface area contributed by atoms with E-state index in [0.717, 1.165) is 17.2 Å². The molecule has 6 heteroatoms. The van der Waals surface area contributed by atoms with E-state index in [-0.39, 0.29) is 0 Å². The number of anilines is 2. The molecule has 0 saturated carbocycles. The summed E-state index contributed by atoms with van der Waals surface area (Å²) in [6.45, 7) is 1.29. The summed E-state index contributed by atoms with van der Waals surface area (Å²) in [6.07, 6.45) is 5.76. The van der Waals surface area contributed by atoms with E-state index in [1.54, 1.807) is 0 Å². The monoisotopic (exact) mass is 242 g/mol. The smallest absolute Gasteiger partial charge is 0.131 e. The molecule has 0 amide bonds. The van der Waals surface area contributed by atoms with Crippen LogP contribution in [0.5, 0.6) is 0 Å². The third kappa shape index (κ3) is 3.49. The number of nitriles is 1. The Kier molecular flexibility index (Phi) is 4.14. The van der Waals surface area contributed by atoms with Gasteiger partial charge in [-0.2, -0.15) is 5.26 Å². The molecule has 0 radical (unpaired) electrons. The minimum atomic E-state index is 0.454. The number of hydrogen-bond donors (Lipinski definition) is 3. The van der Waals surface area contributed by atoms with Crippen molar-refractivity contribution in [2.45, 2.75) is 13.0 Å². The second kappa shape index (κ2) is 6.25. The minimum Gasteiger partial charge on any atom is -0.369 e. The largest absolute Gasteiger partial charge is 0.369 e. The van der Waals surface area contributed by atoms with Gasteiger partial charge in [0.15, 0.2) is 0 Å². The van der Waals surface area contributed by atoms with Crippen molar-refractivity contribution in [3.8, 4) is 6.07 Å². The number of nitrogens with zero attached hydrogens (tertiary/aromatic N) is 3. The molecule has 0 atom stereocenters. The Balaban J connectivity index is 1.88. The van der Waals surface area contributed by atoms with Gasteiger partial charge in [-0.3, -0.25) is 0 Å². The molecule has 0 bridgehead atoms. The van der Waals surface area contributed by atoms with Gasteiger partial charge in [-0.05, 0) is 11.6 Å². The van der Waals surface area contributed by atoms with E-state index in [0.29, 0.717) is 19.5 Å². The molecule has 0 aromatic carbocycles. The molecule has 0 aliphatic carbocycles. The molecule has 6 nitrogen and oxygen atoms in total. The lowest BCUT2D eigenvalue weighted by atomic mass is 10.3. The van der Waals surface area contributed by atoms with Crippen LogP contribution >= 0.6 is 0 Å². The summed E-state index contributed by atoms with van der Waals surface area (Å²) >= 11 is 0. The lowest BCUT2D eigenvalue weighted by molar-refractivity contribution is 1.03. The molecule has 0 unspecified atom stereocenters. The predicted octanol–water partition coefficient (Wildman–Crippen LogP) is 1.74. The molecule has 3 N–H and O–H groups in total. The fraction of sp³-hybridized carbons (Fsp3) is 0.250. The Morgan fingerprint density at radius 3 is 2.83 bits per heavy atom. The van der Waals surface area contributed by atoms with Crippen molar-refractivity contribution < 1.29 is 0 Å². The number of aromatic amines is 1. The summed E-state index contributed by atoms with van der Waals surface area (Å²) in [6, 6.07) is 5.89. The summed E-state index contributed by atoms with van der Waals surface area (Å²) in [5.74, 6) is 1.47. The molecule has 2 aromatic heterocycles. The van der Waals surface area contributed by atoms with Crippen molar-refractivity contribution >= 4 is 11.6 Å². The van der Waals surface area contributed by atoms with Gasteiger partial charge in [0, 0.05) is 31.5 Å². The molecule has 0 fully saturated rings. The molecular weight excluding hydrogens is 228 g/mol. The van der Waals surface area contributed by atoms with Gasteiger partial charge in [-0.15, -0.1) is 0 Å². The lowest BCUT2D eigenvalue weighted by Crippen LogP contribution is -2.05. The number of aromatic nitrogens is 3. The molecule has 0 aliphatic heterocycles. The van der Waals surface area contributed by atoms with Crippen molar-refractivity contribution in [3.63, 3.8) is 0 Å². The van der Waals surface area contributed by atoms with Gasteiger partial charge in [-0.25, -0.2) is 9.97 Å². The van der Waals surface area contributed by atoms with Crippen molar-refractivity contribution in [3.05, 3.63) is 36.4 Å². The first-order valence-corrected chi connectivity index (χ1v) is 5.67.